The van der Waals surface area contributed by atoms with Crippen LogP contribution >= 0.6 is 0 Å². The molecule has 0 bridgehead atoms. The predicted molar refractivity (Wildman–Crippen MR) is 100 cm³/mol. The largest absolute Gasteiger partial charge is 0.573 e. The summed E-state index contributed by atoms with van der Waals surface area (Å²) in [5.74, 6) is -1.76. The molecule has 0 spiro atoms. The van der Waals surface area contributed by atoms with Gasteiger partial charge in [0.25, 0.3) is 0 Å². The lowest BCUT2D eigenvalue weighted by Gasteiger charge is -2.14. The molecule has 0 aliphatic carbocycles. The third-order valence-electron chi connectivity index (χ3n) is 4.03. The zero-order chi connectivity index (χ0) is 21.9. The number of hydrogen-bond acceptors (Lipinski definition) is 5. The fourth-order valence-corrected chi connectivity index (χ4v) is 4.27. The molecule has 3 rings (SSSR count). The van der Waals surface area contributed by atoms with Gasteiger partial charge in [-0.1, -0.05) is 12.1 Å². The molecule has 2 aromatic carbocycles. The first kappa shape index (κ1) is 21.6. The summed E-state index contributed by atoms with van der Waals surface area (Å²) in [6, 6.07) is 9.92. The highest BCUT2D eigenvalue weighted by atomic mass is 32.2. The van der Waals surface area contributed by atoms with Crippen LogP contribution in [0.2, 0.25) is 0 Å². The summed E-state index contributed by atoms with van der Waals surface area (Å²) < 4.78 is 85.2. The monoisotopic (exact) mass is 441 g/mol. The van der Waals surface area contributed by atoms with Crippen LogP contribution in [0.5, 0.6) is 11.5 Å². The lowest BCUT2D eigenvalue weighted by Crippen LogP contribution is -2.17. The molecule has 10 heteroatoms. The molecular weight excluding hydrogens is 426 g/mol. The van der Waals surface area contributed by atoms with Crippen LogP contribution in [0.4, 0.5) is 17.6 Å². The number of alkyl halides is 3. The third kappa shape index (κ3) is 5.26. The van der Waals surface area contributed by atoms with Gasteiger partial charge in [-0.05, 0) is 41.5 Å². The Balaban J connectivity index is 1.94. The summed E-state index contributed by atoms with van der Waals surface area (Å²) in [7, 11) is -2.91. The lowest BCUT2D eigenvalue weighted by molar-refractivity contribution is -0.274. The van der Waals surface area contributed by atoms with E-state index < -0.39 is 38.4 Å². The second-order valence-corrected chi connectivity index (χ2v) is 8.17. The highest BCUT2D eigenvalue weighted by Crippen LogP contribution is 2.33. The Morgan fingerprint density at radius 1 is 0.967 bits per heavy atom. The van der Waals surface area contributed by atoms with Crippen LogP contribution in [-0.4, -0.2) is 26.9 Å². The van der Waals surface area contributed by atoms with Gasteiger partial charge in [0.15, 0.2) is 9.84 Å². The van der Waals surface area contributed by atoms with E-state index in [1.54, 1.807) is 6.07 Å². The van der Waals surface area contributed by atoms with Crippen molar-refractivity contribution < 1.29 is 35.5 Å². The molecule has 30 heavy (non-hydrogen) atoms. The SMILES string of the molecule is COc1ccc(OC(F)(F)F)cc1S(=O)(=O)Cc1cncc(-c2ccc(F)cc2)c1. The highest BCUT2D eigenvalue weighted by Gasteiger charge is 2.32. The van der Waals surface area contributed by atoms with Gasteiger partial charge in [0.2, 0.25) is 0 Å². The number of nitrogens with zero attached hydrogens (tertiary/aromatic N) is 1. The summed E-state index contributed by atoms with van der Waals surface area (Å²) >= 11 is 0. The van der Waals surface area contributed by atoms with E-state index in [2.05, 4.69) is 9.72 Å². The number of methoxy groups -OCH3 is 1. The number of hydrogen-bond donors (Lipinski definition) is 0. The van der Waals surface area contributed by atoms with Crippen molar-refractivity contribution in [2.75, 3.05) is 7.11 Å². The van der Waals surface area contributed by atoms with Gasteiger partial charge in [-0.2, -0.15) is 0 Å². The van der Waals surface area contributed by atoms with Crippen LogP contribution in [0, 0.1) is 5.82 Å². The van der Waals surface area contributed by atoms with Crippen molar-refractivity contribution in [1.82, 2.24) is 4.98 Å². The topological polar surface area (TPSA) is 65.5 Å². The van der Waals surface area contributed by atoms with Crippen LogP contribution in [-0.2, 0) is 15.6 Å². The fourth-order valence-electron chi connectivity index (χ4n) is 2.76. The van der Waals surface area contributed by atoms with Crippen molar-refractivity contribution in [2.24, 2.45) is 0 Å². The van der Waals surface area contributed by atoms with Crippen molar-refractivity contribution in [1.29, 1.82) is 0 Å². The van der Waals surface area contributed by atoms with E-state index >= 15 is 0 Å². The van der Waals surface area contributed by atoms with Crippen molar-refractivity contribution >= 4 is 9.84 Å². The third-order valence-corrected chi connectivity index (χ3v) is 5.74. The summed E-state index contributed by atoms with van der Waals surface area (Å²) in [5, 5.41) is 0. The quantitative estimate of drug-likeness (QED) is 0.516. The molecule has 3 aromatic rings. The molecule has 0 saturated carbocycles. The van der Waals surface area contributed by atoms with Crippen LogP contribution in [0.15, 0.2) is 65.8 Å². The van der Waals surface area contributed by atoms with E-state index in [1.807, 2.05) is 0 Å². The van der Waals surface area contributed by atoms with Gasteiger partial charge in [-0.15, -0.1) is 13.2 Å². The maximum atomic E-state index is 13.1. The average molecular weight is 441 g/mol. The summed E-state index contributed by atoms with van der Waals surface area (Å²) in [6.45, 7) is 0. The molecule has 0 N–H and O–H groups in total. The van der Waals surface area contributed by atoms with E-state index in [4.69, 9.17) is 4.74 Å². The smallest absolute Gasteiger partial charge is 0.495 e. The van der Waals surface area contributed by atoms with Gasteiger partial charge in [-0.3, -0.25) is 4.98 Å². The molecule has 158 valence electrons. The maximum absolute atomic E-state index is 13.1. The van der Waals surface area contributed by atoms with E-state index in [1.165, 1.54) is 43.8 Å². The number of pyridine rings is 1. The number of benzene rings is 2. The summed E-state index contributed by atoms with van der Waals surface area (Å²) in [4.78, 5) is 3.56. The van der Waals surface area contributed by atoms with Gasteiger partial charge >= 0.3 is 6.36 Å². The van der Waals surface area contributed by atoms with Gasteiger partial charge in [0.1, 0.15) is 22.2 Å². The van der Waals surface area contributed by atoms with E-state index in [9.17, 15) is 26.0 Å². The molecule has 1 aromatic heterocycles. The molecule has 0 unspecified atom stereocenters. The summed E-state index contributed by atoms with van der Waals surface area (Å²) in [5.41, 5.74) is 1.48. The van der Waals surface area contributed by atoms with Crippen molar-refractivity contribution in [3.8, 4) is 22.6 Å². The zero-order valence-corrected chi connectivity index (χ0v) is 16.3. The van der Waals surface area contributed by atoms with Gasteiger partial charge in [0.05, 0.1) is 12.9 Å². The number of halogens is 4. The van der Waals surface area contributed by atoms with E-state index in [0.29, 0.717) is 16.7 Å². The van der Waals surface area contributed by atoms with Gasteiger partial charge in [0, 0.05) is 24.0 Å². The maximum Gasteiger partial charge on any atom is 0.573 e. The minimum absolute atomic E-state index is 0.118. The van der Waals surface area contributed by atoms with E-state index in [-0.39, 0.29) is 5.75 Å². The Morgan fingerprint density at radius 3 is 2.30 bits per heavy atom. The predicted octanol–water partition coefficient (Wildman–Crippen LogP) is 4.77. The van der Waals surface area contributed by atoms with Crippen LogP contribution in [0.1, 0.15) is 5.56 Å². The summed E-state index contributed by atoms with van der Waals surface area (Å²) in [6.07, 6.45) is -2.15. The second-order valence-electron chi connectivity index (χ2n) is 6.21. The average Bonchev–Trinajstić information content (AvgIpc) is 2.67. The Bertz CT molecular complexity index is 1150. The molecule has 0 amide bonds. The number of aromatic nitrogens is 1. The van der Waals surface area contributed by atoms with Crippen LogP contribution in [0.3, 0.4) is 0 Å². The van der Waals surface area contributed by atoms with Crippen LogP contribution < -0.4 is 9.47 Å². The minimum Gasteiger partial charge on any atom is -0.495 e. The normalized spacial score (nSPS) is 11.9. The number of ether oxygens (including phenoxy) is 2. The Kier molecular flexibility index (Phi) is 5.97. The standard InChI is InChI=1S/C20H15F4NO4S/c1-28-18-7-6-17(29-20(22,23)24)9-19(18)30(26,27)12-13-8-15(11-25-10-13)14-2-4-16(21)5-3-14/h2-11H,12H2,1H3. The molecule has 0 aliphatic rings. The van der Waals surface area contributed by atoms with Crippen molar-refractivity contribution in [3.63, 3.8) is 0 Å². The Labute approximate surface area is 169 Å². The molecule has 1 heterocycles. The molecule has 0 atom stereocenters. The molecule has 0 fully saturated rings. The molecule has 0 aliphatic heterocycles. The Morgan fingerprint density at radius 2 is 1.67 bits per heavy atom. The highest BCUT2D eigenvalue weighted by molar-refractivity contribution is 7.90. The van der Waals surface area contributed by atoms with Crippen molar-refractivity contribution in [2.45, 2.75) is 17.0 Å². The fraction of sp³-hybridized carbons (Fsp3) is 0.150. The minimum atomic E-state index is -4.97. The zero-order valence-electron chi connectivity index (χ0n) is 15.5. The first-order valence-corrected chi connectivity index (χ1v) is 10.1. The number of rotatable bonds is 6. The van der Waals surface area contributed by atoms with Gasteiger partial charge < -0.3 is 9.47 Å². The first-order valence-electron chi connectivity index (χ1n) is 8.44. The molecule has 0 saturated heterocycles. The van der Waals surface area contributed by atoms with Crippen LogP contribution in [0.25, 0.3) is 11.1 Å². The van der Waals surface area contributed by atoms with Crippen molar-refractivity contribution in [3.05, 3.63) is 72.3 Å². The molecule has 0 radical (unpaired) electrons. The van der Waals surface area contributed by atoms with E-state index in [0.717, 1.165) is 18.2 Å². The van der Waals surface area contributed by atoms with Gasteiger partial charge in [-0.25, -0.2) is 12.8 Å². The second kappa shape index (κ2) is 8.31. The lowest BCUT2D eigenvalue weighted by atomic mass is 10.1. The number of sulfone groups is 1. The molecular formula is C20H15F4NO4S. The first-order chi connectivity index (χ1) is 14.1. The Hall–Kier alpha value is -3.14. The molecule has 5 nitrogen and oxygen atoms in total.